The number of anilines is 1. The van der Waals surface area contributed by atoms with Gasteiger partial charge in [-0.15, -0.1) is 13.2 Å². The molecule has 3 aliphatic rings. The van der Waals surface area contributed by atoms with Gasteiger partial charge in [0.05, 0.1) is 25.4 Å². The standard InChI is InChI=1S/C28H29F3N4O4/c1-37-26(36)17-12-33-27(34-13-17)35-18-8-9-19(35)11-20(10-18)38-15-23-22(14-32-25(23)16-6-7-16)21-4-2-3-5-24(21)39-28(29,30)31/h2-5,12-14,16,18-20,32H,6-11,15H2,1H3. The van der Waals surface area contributed by atoms with Gasteiger partial charge in [-0.2, -0.15) is 0 Å². The van der Waals surface area contributed by atoms with Crippen LogP contribution in [0.15, 0.2) is 42.9 Å². The van der Waals surface area contributed by atoms with Crippen LogP contribution in [0, 0.1) is 0 Å². The highest BCUT2D eigenvalue weighted by molar-refractivity contribution is 5.88. The molecule has 0 spiro atoms. The number of esters is 1. The number of nitrogens with one attached hydrogen (secondary N) is 1. The molecule has 4 heterocycles. The number of carbonyl (C=O) groups is 1. The van der Waals surface area contributed by atoms with Crippen molar-refractivity contribution in [3.8, 4) is 16.9 Å². The van der Waals surface area contributed by atoms with Gasteiger partial charge in [0, 0.05) is 53.1 Å². The SMILES string of the molecule is COC(=O)c1cnc(N2C3CCC2CC(OCc2c(-c4ccccc4OC(F)(F)F)c[nH]c2C2CC2)C3)nc1. The fourth-order valence-electron chi connectivity index (χ4n) is 5.97. The molecule has 39 heavy (non-hydrogen) atoms. The van der Waals surface area contributed by atoms with Crippen LogP contribution in [-0.2, 0) is 16.1 Å². The van der Waals surface area contributed by atoms with Crippen LogP contribution < -0.4 is 9.64 Å². The molecule has 8 nitrogen and oxygen atoms in total. The molecule has 0 radical (unpaired) electrons. The summed E-state index contributed by atoms with van der Waals surface area (Å²) in [5, 5.41) is 0. The Kier molecular flexibility index (Phi) is 6.70. The highest BCUT2D eigenvalue weighted by Crippen LogP contribution is 2.46. The molecule has 2 saturated heterocycles. The summed E-state index contributed by atoms with van der Waals surface area (Å²) in [6.07, 6.45) is 5.66. The molecule has 2 aliphatic heterocycles. The summed E-state index contributed by atoms with van der Waals surface area (Å²) in [7, 11) is 1.32. The predicted octanol–water partition coefficient (Wildman–Crippen LogP) is 5.75. The van der Waals surface area contributed by atoms with Crippen molar-refractivity contribution in [3.63, 3.8) is 0 Å². The van der Waals surface area contributed by atoms with Gasteiger partial charge in [0.25, 0.3) is 0 Å². The molecule has 3 fully saturated rings. The van der Waals surface area contributed by atoms with Crippen molar-refractivity contribution >= 4 is 11.9 Å². The number of methoxy groups -OCH3 is 1. The van der Waals surface area contributed by atoms with E-state index in [2.05, 4.69) is 24.6 Å². The topological polar surface area (TPSA) is 89.6 Å². The van der Waals surface area contributed by atoms with Crippen molar-refractivity contribution in [3.05, 3.63) is 59.7 Å². The number of nitrogens with zero attached hydrogens (tertiary/aromatic N) is 3. The Bertz CT molecular complexity index is 1330. The largest absolute Gasteiger partial charge is 0.573 e. The van der Waals surface area contributed by atoms with Gasteiger partial charge < -0.3 is 24.1 Å². The van der Waals surface area contributed by atoms with E-state index >= 15 is 0 Å². The van der Waals surface area contributed by atoms with Crippen LogP contribution in [0.4, 0.5) is 19.1 Å². The number of alkyl halides is 3. The molecule has 0 amide bonds. The van der Waals surface area contributed by atoms with Gasteiger partial charge in [-0.1, -0.05) is 18.2 Å². The van der Waals surface area contributed by atoms with Crippen molar-refractivity contribution in [1.29, 1.82) is 0 Å². The second-order valence-corrected chi connectivity index (χ2v) is 10.4. The molecule has 3 aromatic rings. The highest BCUT2D eigenvalue weighted by atomic mass is 19.4. The maximum absolute atomic E-state index is 13.1. The van der Waals surface area contributed by atoms with Crippen molar-refractivity contribution in [2.45, 2.75) is 75.6 Å². The molecule has 2 bridgehead atoms. The first-order valence-corrected chi connectivity index (χ1v) is 13.2. The molecule has 11 heteroatoms. The maximum atomic E-state index is 13.1. The lowest BCUT2D eigenvalue weighted by molar-refractivity contribution is -0.274. The minimum absolute atomic E-state index is 0.00423. The molecule has 1 aliphatic carbocycles. The zero-order chi connectivity index (χ0) is 27.1. The average molecular weight is 543 g/mol. The maximum Gasteiger partial charge on any atom is 0.573 e. The quantitative estimate of drug-likeness (QED) is 0.363. The monoisotopic (exact) mass is 542 g/mol. The number of piperidine rings is 1. The van der Waals surface area contributed by atoms with Crippen LogP contribution in [0.1, 0.15) is 66.1 Å². The highest BCUT2D eigenvalue weighted by Gasteiger charge is 2.43. The van der Waals surface area contributed by atoms with Crippen LogP contribution in [-0.4, -0.2) is 52.6 Å². The van der Waals surface area contributed by atoms with Crippen LogP contribution >= 0.6 is 0 Å². The molecule has 1 aromatic carbocycles. The Balaban J connectivity index is 1.18. The zero-order valence-corrected chi connectivity index (χ0v) is 21.4. The van der Waals surface area contributed by atoms with E-state index in [0.29, 0.717) is 35.2 Å². The zero-order valence-electron chi connectivity index (χ0n) is 21.4. The summed E-state index contributed by atoms with van der Waals surface area (Å²) >= 11 is 0. The summed E-state index contributed by atoms with van der Waals surface area (Å²) in [6.45, 7) is 0.305. The normalized spacial score (nSPS) is 22.7. The number of halogens is 3. The number of para-hydroxylation sites is 1. The molecule has 2 atom stereocenters. The molecule has 206 valence electrons. The first-order chi connectivity index (χ1) is 18.8. The van der Waals surface area contributed by atoms with E-state index in [1.165, 1.54) is 31.6 Å². The minimum atomic E-state index is -4.78. The van der Waals surface area contributed by atoms with Crippen LogP contribution in [0.25, 0.3) is 11.1 Å². The first kappa shape index (κ1) is 25.7. The number of hydrogen-bond acceptors (Lipinski definition) is 7. The van der Waals surface area contributed by atoms with E-state index in [9.17, 15) is 18.0 Å². The number of fused-ring (bicyclic) bond motifs is 2. The number of H-pyrrole nitrogens is 1. The van der Waals surface area contributed by atoms with E-state index in [4.69, 9.17) is 9.47 Å². The third-order valence-electron chi connectivity index (χ3n) is 7.85. The Hall–Kier alpha value is -3.60. The van der Waals surface area contributed by atoms with Crippen LogP contribution in [0.3, 0.4) is 0 Å². The van der Waals surface area contributed by atoms with Gasteiger partial charge in [-0.3, -0.25) is 0 Å². The van der Waals surface area contributed by atoms with Gasteiger partial charge in [-0.25, -0.2) is 14.8 Å². The van der Waals surface area contributed by atoms with E-state index < -0.39 is 12.3 Å². The van der Waals surface area contributed by atoms with Gasteiger partial charge in [0.2, 0.25) is 5.95 Å². The lowest BCUT2D eigenvalue weighted by Crippen LogP contribution is -2.46. The summed E-state index contributed by atoms with van der Waals surface area (Å²) in [4.78, 5) is 26.1. The second-order valence-electron chi connectivity index (χ2n) is 10.4. The van der Waals surface area contributed by atoms with Crippen molar-refractivity contribution in [2.24, 2.45) is 0 Å². The lowest BCUT2D eigenvalue weighted by Gasteiger charge is -2.38. The number of rotatable bonds is 8. The number of carbonyl (C=O) groups excluding carboxylic acids is 1. The number of benzene rings is 1. The molecular weight excluding hydrogens is 513 g/mol. The number of ether oxygens (including phenoxy) is 3. The molecule has 1 N–H and O–H groups in total. The Morgan fingerprint density at radius 3 is 2.38 bits per heavy atom. The molecule has 1 saturated carbocycles. The van der Waals surface area contributed by atoms with Crippen LogP contribution in [0.5, 0.6) is 5.75 Å². The molecule has 6 rings (SSSR count). The summed E-state index contributed by atoms with van der Waals surface area (Å²) in [5.74, 6) is 0.270. The number of aromatic amines is 1. The van der Waals surface area contributed by atoms with E-state index in [-0.39, 0.29) is 23.9 Å². The summed E-state index contributed by atoms with van der Waals surface area (Å²) in [6, 6.07) is 6.66. The smallest absolute Gasteiger partial charge is 0.465 e. The van der Waals surface area contributed by atoms with Crippen molar-refractivity contribution < 1.29 is 32.2 Å². The van der Waals surface area contributed by atoms with Gasteiger partial charge in [0.1, 0.15) is 5.75 Å². The summed E-state index contributed by atoms with van der Waals surface area (Å²) in [5.41, 5.74) is 3.30. The molecular formula is C28H29F3N4O4. The van der Waals surface area contributed by atoms with Gasteiger partial charge in [0.15, 0.2) is 0 Å². The average Bonchev–Trinajstić information content (AvgIpc) is 3.62. The third-order valence-corrected chi connectivity index (χ3v) is 7.85. The Labute approximate surface area is 223 Å². The molecule has 2 aromatic heterocycles. The van der Waals surface area contributed by atoms with Gasteiger partial charge >= 0.3 is 12.3 Å². The first-order valence-electron chi connectivity index (χ1n) is 13.2. The fourth-order valence-corrected chi connectivity index (χ4v) is 5.97. The summed E-state index contributed by atoms with van der Waals surface area (Å²) < 4.78 is 54.8. The molecule has 2 unspecified atom stereocenters. The Morgan fingerprint density at radius 1 is 1.05 bits per heavy atom. The van der Waals surface area contributed by atoms with Crippen molar-refractivity contribution in [2.75, 3.05) is 12.0 Å². The van der Waals surface area contributed by atoms with E-state index in [0.717, 1.165) is 49.8 Å². The van der Waals surface area contributed by atoms with Crippen molar-refractivity contribution in [1.82, 2.24) is 15.0 Å². The lowest BCUT2D eigenvalue weighted by atomic mass is 9.99. The minimum Gasteiger partial charge on any atom is -0.465 e. The predicted molar refractivity (Wildman–Crippen MR) is 135 cm³/mol. The fraction of sp³-hybridized carbons (Fsp3) is 0.464. The van der Waals surface area contributed by atoms with E-state index in [1.807, 2.05) is 0 Å². The Morgan fingerprint density at radius 2 is 1.74 bits per heavy atom. The van der Waals surface area contributed by atoms with E-state index in [1.54, 1.807) is 18.3 Å². The number of hydrogen-bond donors (Lipinski definition) is 1. The number of aromatic nitrogens is 3. The third kappa shape index (κ3) is 5.32. The van der Waals surface area contributed by atoms with Crippen LogP contribution in [0.2, 0.25) is 0 Å². The van der Waals surface area contributed by atoms with Gasteiger partial charge in [-0.05, 0) is 50.5 Å². The second kappa shape index (κ2) is 10.2.